The minimum absolute atomic E-state index is 0.0452. The number of amides is 1. The largest absolute Gasteiger partial charge is 0.494 e. The molecule has 0 saturated carbocycles. The van der Waals surface area contributed by atoms with Crippen LogP contribution in [-0.4, -0.2) is 49.1 Å². The maximum atomic E-state index is 12.2. The van der Waals surface area contributed by atoms with Crippen LogP contribution >= 0.6 is 0 Å². The van der Waals surface area contributed by atoms with Crippen molar-refractivity contribution < 1.29 is 19.4 Å². The van der Waals surface area contributed by atoms with E-state index in [1.165, 1.54) is 22.3 Å². The number of hydrogen-bond donors (Lipinski definition) is 2. The molecule has 0 aromatic heterocycles. The number of fused-ring (bicyclic) bond motifs is 2. The summed E-state index contributed by atoms with van der Waals surface area (Å²) in [7, 11) is 4.26. The summed E-state index contributed by atoms with van der Waals surface area (Å²) < 4.78 is 6.04. The molecule has 6 heteroatoms. The maximum absolute atomic E-state index is 12.2. The lowest BCUT2D eigenvalue weighted by molar-refractivity contribution is -0.121. The van der Waals surface area contributed by atoms with Crippen molar-refractivity contribution in [3.8, 4) is 5.75 Å². The molecule has 0 aliphatic heterocycles. The molecule has 0 radical (unpaired) electrons. The van der Waals surface area contributed by atoms with Crippen LogP contribution in [-0.2, 0) is 24.2 Å². The first kappa shape index (κ1) is 27.4. The van der Waals surface area contributed by atoms with Gasteiger partial charge in [0.15, 0.2) is 0 Å². The fourth-order valence-electron chi connectivity index (χ4n) is 5.17. The molecule has 0 fully saturated rings. The molecule has 1 unspecified atom stereocenters. The lowest BCUT2D eigenvalue weighted by atomic mass is 9.84. The minimum Gasteiger partial charge on any atom is -0.494 e. The number of nitrogens with one attached hydrogen (secondary N) is 1. The van der Waals surface area contributed by atoms with Gasteiger partial charge < -0.3 is 20.1 Å². The third-order valence-corrected chi connectivity index (χ3v) is 7.19. The number of hydrogen-bond acceptors (Lipinski definition) is 4. The van der Waals surface area contributed by atoms with E-state index in [0.717, 1.165) is 43.5 Å². The van der Waals surface area contributed by atoms with Gasteiger partial charge in [-0.25, -0.2) is 4.79 Å². The molecule has 1 aliphatic carbocycles. The van der Waals surface area contributed by atoms with Crippen LogP contribution in [0.4, 0.5) is 0 Å². The van der Waals surface area contributed by atoms with Gasteiger partial charge in [-0.15, -0.1) is 0 Å². The lowest BCUT2D eigenvalue weighted by Crippen LogP contribution is -2.23. The van der Waals surface area contributed by atoms with Crippen LogP contribution in [0.5, 0.6) is 5.75 Å². The predicted molar refractivity (Wildman–Crippen MR) is 150 cm³/mol. The number of benzene rings is 3. The number of carbonyl (C=O) groups excluding carboxylic acids is 1. The smallest absolute Gasteiger partial charge is 0.335 e. The Morgan fingerprint density at radius 1 is 0.947 bits per heavy atom. The number of carbonyl (C=O) groups is 2. The molecule has 1 aliphatic rings. The van der Waals surface area contributed by atoms with Gasteiger partial charge >= 0.3 is 5.97 Å². The molecule has 0 saturated heterocycles. The fraction of sp³-hybridized carbons (Fsp3) is 0.375. The molecule has 2 N–H and O–H groups in total. The quantitative estimate of drug-likeness (QED) is 0.315. The van der Waals surface area contributed by atoms with Crippen LogP contribution in [0.2, 0.25) is 0 Å². The third-order valence-electron chi connectivity index (χ3n) is 7.19. The van der Waals surface area contributed by atoms with Crippen LogP contribution in [0.3, 0.4) is 0 Å². The van der Waals surface area contributed by atoms with Crippen molar-refractivity contribution in [2.75, 3.05) is 27.2 Å². The maximum Gasteiger partial charge on any atom is 0.335 e. The molecule has 0 bridgehead atoms. The van der Waals surface area contributed by atoms with Gasteiger partial charge in [0.25, 0.3) is 0 Å². The number of rotatable bonds is 12. The van der Waals surface area contributed by atoms with Crippen LogP contribution in [0.25, 0.3) is 0 Å². The van der Waals surface area contributed by atoms with Gasteiger partial charge in [0.05, 0.1) is 12.2 Å². The summed E-state index contributed by atoms with van der Waals surface area (Å²) in [6, 6.07) is 21.9. The van der Waals surface area contributed by atoms with E-state index in [-0.39, 0.29) is 11.5 Å². The second kappa shape index (κ2) is 13.2. The summed E-state index contributed by atoms with van der Waals surface area (Å²) in [5.41, 5.74) is 6.79. The Morgan fingerprint density at radius 3 is 2.45 bits per heavy atom. The van der Waals surface area contributed by atoms with Gasteiger partial charge in [0.2, 0.25) is 5.91 Å². The van der Waals surface area contributed by atoms with Crippen LogP contribution in [0, 0.1) is 0 Å². The van der Waals surface area contributed by atoms with E-state index in [9.17, 15) is 9.59 Å². The Bertz CT molecular complexity index is 1240. The van der Waals surface area contributed by atoms with E-state index in [0.29, 0.717) is 31.9 Å². The van der Waals surface area contributed by atoms with Crippen LogP contribution in [0.1, 0.15) is 69.8 Å². The highest BCUT2D eigenvalue weighted by atomic mass is 16.5. The summed E-state index contributed by atoms with van der Waals surface area (Å²) in [4.78, 5) is 25.4. The SMILES string of the molecule is CN(C)CCCC1c2ccccc2CCc2cc(OCCCC(=O)NCc3ccc(C(=O)O)cc3)ccc21. The zero-order valence-corrected chi connectivity index (χ0v) is 22.4. The van der Waals surface area contributed by atoms with Crippen molar-refractivity contribution in [3.05, 3.63) is 100 Å². The Balaban J connectivity index is 1.29. The number of aryl methyl sites for hydroxylation is 2. The highest BCUT2D eigenvalue weighted by Gasteiger charge is 2.23. The van der Waals surface area contributed by atoms with Crippen molar-refractivity contribution in [2.24, 2.45) is 0 Å². The van der Waals surface area contributed by atoms with E-state index in [1.54, 1.807) is 24.3 Å². The summed E-state index contributed by atoms with van der Waals surface area (Å²) in [5, 5.41) is 11.9. The Labute approximate surface area is 225 Å². The van der Waals surface area contributed by atoms with Gasteiger partial charge in [-0.2, -0.15) is 0 Å². The highest BCUT2D eigenvalue weighted by molar-refractivity contribution is 5.87. The van der Waals surface area contributed by atoms with Gasteiger partial charge in [0.1, 0.15) is 5.75 Å². The first-order valence-corrected chi connectivity index (χ1v) is 13.5. The van der Waals surface area contributed by atoms with E-state index in [1.807, 2.05) is 0 Å². The van der Waals surface area contributed by atoms with Crippen molar-refractivity contribution in [1.82, 2.24) is 10.2 Å². The topological polar surface area (TPSA) is 78.9 Å². The van der Waals surface area contributed by atoms with Crippen molar-refractivity contribution in [2.45, 2.75) is 51.0 Å². The molecule has 6 nitrogen and oxygen atoms in total. The van der Waals surface area contributed by atoms with Gasteiger partial charge in [0, 0.05) is 18.9 Å². The molecular formula is C32H38N2O4. The summed E-state index contributed by atoms with van der Waals surface area (Å²) in [6.07, 6.45) is 5.32. The van der Waals surface area contributed by atoms with E-state index < -0.39 is 5.97 Å². The molecule has 3 aromatic rings. The third kappa shape index (κ3) is 7.45. The summed E-state index contributed by atoms with van der Waals surface area (Å²) in [6.45, 7) is 1.94. The Hall–Kier alpha value is -3.64. The first-order chi connectivity index (χ1) is 18.4. The standard InChI is InChI=1S/C32H38N2O4/c1-34(2)19-5-9-30-28-8-4-3-7-24(28)15-16-26-21-27(17-18-29(26)30)38-20-6-10-31(35)33-22-23-11-13-25(14-12-23)32(36)37/h3-4,7-8,11-14,17-18,21,30H,5-6,9-10,15-16,19-20,22H2,1-2H3,(H,33,35)(H,36,37). The Kier molecular flexibility index (Phi) is 9.55. The second-order valence-corrected chi connectivity index (χ2v) is 10.3. The fourth-order valence-corrected chi connectivity index (χ4v) is 5.17. The summed E-state index contributed by atoms with van der Waals surface area (Å²) >= 11 is 0. The van der Waals surface area contributed by atoms with Crippen molar-refractivity contribution >= 4 is 11.9 Å². The number of ether oxygens (including phenoxy) is 1. The number of carboxylic acid groups (broad SMARTS) is 1. The zero-order valence-electron chi connectivity index (χ0n) is 22.4. The molecule has 1 atom stereocenters. The van der Waals surface area contributed by atoms with E-state index in [4.69, 9.17) is 9.84 Å². The predicted octanol–water partition coefficient (Wildman–Crippen LogP) is 5.43. The summed E-state index contributed by atoms with van der Waals surface area (Å²) in [5.74, 6) is 0.263. The number of nitrogens with zero attached hydrogens (tertiary/aromatic N) is 1. The molecular weight excluding hydrogens is 476 g/mol. The number of aromatic carboxylic acids is 1. The normalized spacial score (nSPS) is 14.3. The second-order valence-electron chi connectivity index (χ2n) is 10.3. The van der Waals surface area contributed by atoms with Crippen LogP contribution in [0.15, 0.2) is 66.7 Å². The molecule has 38 heavy (non-hydrogen) atoms. The average Bonchev–Trinajstić information content (AvgIpc) is 3.07. The van der Waals surface area contributed by atoms with Gasteiger partial charge in [-0.3, -0.25) is 4.79 Å². The van der Waals surface area contributed by atoms with E-state index in [2.05, 4.69) is 66.8 Å². The lowest BCUT2D eigenvalue weighted by Gasteiger charge is -2.22. The molecule has 0 heterocycles. The molecule has 3 aromatic carbocycles. The van der Waals surface area contributed by atoms with Gasteiger partial charge in [-0.05, 0) is 105 Å². The zero-order chi connectivity index (χ0) is 26.9. The average molecular weight is 515 g/mol. The molecule has 4 rings (SSSR count). The highest BCUT2D eigenvalue weighted by Crippen LogP contribution is 2.38. The Morgan fingerprint density at radius 2 is 1.68 bits per heavy atom. The monoisotopic (exact) mass is 514 g/mol. The minimum atomic E-state index is -0.958. The molecule has 0 spiro atoms. The van der Waals surface area contributed by atoms with Crippen molar-refractivity contribution in [3.63, 3.8) is 0 Å². The van der Waals surface area contributed by atoms with E-state index >= 15 is 0 Å². The van der Waals surface area contributed by atoms with Gasteiger partial charge in [-0.1, -0.05) is 42.5 Å². The molecule has 200 valence electrons. The first-order valence-electron chi connectivity index (χ1n) is 13.5. The van der Waals surface area contributed by atoms with Crippen molar-refractivity contribution in [1.29, 1.82) is 0 Å². The number of carboxylic acids is 1. The van der Waals surface area contributed by atoms with Crippen LogP contribution < -0.4 is 10.1 Å². The molecule has 1 amide bonds.